The molecule has 2 aliphatic rings. The van der Waals surface area contributed by atoms with Crippen molar-refractivity contribution >= 4 is 10.0 Å². The molecular formula is C14H21N2O2S+. The van der Waals surface area contributed by atoms with Crippen LogP contribution in [0.4, 0.5) is 0 Å². The number of quaternary nitrogens is 1. The third-order valence-electron chi connectivity index (χ3n) is 4.39. The third-order valence-corrected chi connectivity index (χ3v) is 6.27. The van der Waals surface area contributed by atoms with Crippen LogP contribution in [0.15, 0.2) is 29.2 Å². The van der Waals surface area contributed by atoms with Crippen molar-refractivity contribution < 1.29 is 13.3 Å². The summed E-state index contributed by atoms with van der Waals surface area (Å²) in [6.07, 6.45) is 2.40. The van der Waals surface area contributed by atoms with E-state index < -0.39 is 10.0 Å². The number of aryl methyl sites for hydroxylation is 1. The average Bonchev–Trinajstić information content (AvgIpc) is 2.86. The van der Waals surface area contributed by atoms with Gasteiger partial charge in [-0.15, -0.1) is 0 Å². The summed E-state index contributed by atoms with van der Waals surface area (Å²) in [5.74, 6) is 0. The SMILES string of the molecule is Cc1ccc(S(=O)(=O)N2CC[NH+]3CCC[C@@H]3C2)cc1. The molecule has 0 amide bonds. The second-order valence-corrected chi connectivity index (χ2v) is 7.61. The Hall–Kier alpha value is -0.910. The lowest BCUT2D eigenvalue weighted by molar-refractivity contribution is -0.916. The Bertz CT molecular complexity index is 553. The number of fused-ring (bicyclic) bond motifs is 1. The van der Waals surface area contributed by atoms with Crippen LogP contribution in [0.3, 0.4) is 0 Å². The molecule has 104 valence electrons. The molecule has 1 aromatic rings. The van der Waals surface area contributed by atoms with E-state index in [-0.39, 0.29) is 0 Å². The first-order valence-corrected chi connectivity index (χ1v) is 8.43. The molecule has 0 aromatic heterocycles. The van der Waals surface area contributed by atoms with Gasteiger partial charge < -0.3 is 4.90 Å². The maximum absolute atomic E-state index is 12.6. The largest absolute Gasteiger partial charge is 0.330 e. The molecule has 3 rings (SSSR count). The van der Waals surface area contributed by atoms with E-state index in [2.05, 4.69) is 0 Å². The highest BCUT2D eigenvalue weighted by Gasteiger charge is 2.39. The van der Waals surface area contributed by atoms with Crippen LogP contribution in [0.1, 0.15) is 18.4 Å². The molecule has 0 bridgehead atoms. The Morgan fingerprint density at radius 1 is 1.21 bits per heavy atom. The van der Waals surface area contributed by atoms with Crippen LogP contribution in [-0.4, -0.2) is 44.9 Å². The molecule has 4 nitrogen and oxygen atoms in total. The van der Waals surface area contributed by atoms with Gasteiger partial charge in [0.15, 0.2) is 0 Å². The highest BCUT2D eigenvalue weighted by molar-refractivity contribution is 7.89. The van der Waals surface area contributed by atoms with E-state index in [1.165, 1.54) is 13.0 Å². The van der Waals surface area contributed by atoms with E-state index in [0.29, 0.717) is 24.0 Å². The number of nitrogens with zero attached hydrogens (tertiary/aromatic N) is 1. The average molecular weight is 281 g/mol. The fourth-order valence-electron chi connectivity index (χ4n) is 3.22. The Balaban J connectivity index is 1.82. The van der Waals surface area contributed by atoms with Crippen LogP contribution >= 0.6 is 0 Å². The minimum Gasteiger partial charge on any atom is -0.330 e. The first kappa shape index (κ1) is 13.1. The molecular weight excluding hydrogens is 260 g/mol. The fraction of sp³-hybridized carbons (Fsp3) is 0.571. The zero-order valence-corrected chi connectivity index (χ0v) is 12.1. The zero-order chi connectivity index (χ0) is 13.5. The molecule has 19 heavy (non-hydrogen) atoms. The molecule has 1 aromatic carbocycles. The molecule has 2 saturated heterocycles. The van der Waals surface area contributed by atoms with Crippen molar-refractivity contribution in [3.8, 4) is 0 Å². The summed E-state index contributed by atoms with van der Waals surface area (Å²) >= 11 is 0. The Kier molecular flexibility index (Phi) is 3.37. The van der Waals surface area contributed by atoms with Gasteiger partial charge in [-0.25, -0.2) is 8.42 Å². The Labute approximate surface area is 115 Å². The lowest BCUT2D eigenvalue weighted by Gasteiger charge is -2.34. The maximum Gasteiger partial charge on any atom is 0.243 e. The first-order valence-electron chi connectivity index (χ1n) is 6.99. The van der Waals surface area contributed by atoms with Gasteiger partial charge in [0.1, 0.15) is 6.04 Å². The molecule has 5 heteroatoms. The Morgan fingerprint density at radius 2 is 1.95 bits per heavy atom. The van der Waals surface area contributed by atoms with Crippen molar-refractivity contribution in [2.75, 3.05) is 26.2 Å². The molecule has 1 N–H and O–H groups in total. The summed E-state index contributed by atoms with van der Waals surface area (Å²) in [6.45, 7) is 5.48. The molecule has 2 fully saturated rings. The van der Waals surface area contributed by atoms with Gasteiger partial charge in [0, 0.05) is 12.8 Å². The van der Waals surface area contributed by atoms with E-state index in [1.54, 1.807) is 21.3 Å². The van der Waals surface area contributed by atoms with Crippen molar-refractivity contribution in [3.05, 3.63) is 29.8 Å². The number of sulfonamides is 1. The van der Waals surface area contributed by atoms with E-state index in [0.717, 1.165) is 18.5 Å². The fourth-order valence-corrected chi connectivity index (χ4v) is 4.70. The number of rotatable bonds is 2. The third kappa shape index (κ3) is 2.42. The van der Waals surface area contributed by atoms with Crippen molar-refractivity contribution in [1.82, 2.24) is 4.31 Å². The molecule has 0 spiro atoms. The number of nitrogens with one attached hydrogen (secondary N) is 1. The van der Waals surface area contributed by atoms with E-state index >= 15 is 0 Å². The number of hydrogen-bond donors (Lipinski definition) is 1. The summed E-state index contributed by atoms with van der Waals surface area (Å²) in [5.41, 5.74) is 1.09. The van der Waals surface area contributed by atoms with E-state index in [4.69, 9.17) is 0 Å². The first-order chi connectivity index (χ1) is 9.07. The zero-order valence-electron chi connectivity index (χ0n) is 11.3. The summed E-state index contributed by atoms with van der Waals surface area (Å²) in [5, 5.41) is 0. The summed E-state index contributed by atoms with van der Waals surface area (Å²) < 4.78 is 26.9. The van der Waals surface area contributed by atoms with Gasteiger partial charge in [0.25, 0.3) is 0 Å². The topological polar surface area (TPSA) is 41.8 Å². The van der Waals surface area contributed by atoms with Crippen molar-refractivity contribution in [2.45, 2.75) is 30.7 Å². The molecule has 2 aliphatic heterocycles. The maximum atomic E-state index is 12.6. The highest BCUT2D eigenvalue weighted by Crippen LogP contribution is 2.18. The van der Waals surface area contributed by atoms with E-state index in [9.17, 15) is 8.42 Å². The summed E-state index contributed by atoms with van der Waals surface area (Å²) in [6, 6.07) is 7.68. The van der Waals surface area contributed by atoms with Crippen molar-refractivity contribution in [2.24, 2.45) is 0 Å². The van der Waals surface area contributed by atoms with Crippen LogP contribution in [0, 0.1) is 6.92 Å². The van der Waals surface area contributed by atoms with Crippen LogP contribution in [-0.2, 0) is 10.0 Å². The van der Waals surface area contributed by atoms with Crippen LogP contribution < -0.4 is 4.90 Å². The minimum atomic E-state index is -3.30. The van der Waals surface area contributed by atoms with Gasteiger partial charge >= 0.3 is 0 Å². The number of benzene rings is 1. The summed E-state index contributed by atoms with van der Waals surface area (Å²) in [7, 11) is -3.30. The van der Waals surface area contributed by atoms with E-state index in [1.807, 2.05) is 19.1 Å². The molecule has 0 radical (unpaired) electrons. The number of piperazine rings is 1. The summed E-state index contributed by atoms with van der Waals surface area (Å²) in [4.78, 5) is 2.02. The molecule has 1 unspecified atom stereocenters. The lowest BCUT2D eigenvalue weighted by atomic mass is 10.2. The molecule has 0 saturated carbocycles. The van der Waals surface area contributed by atoms with Gasteiger partial charge in [-0.2, -0.15) is 4.31 Å². The van der Waals surface area contributed by atoms with Gasteiger partial charge in [0.05, 0.1) is 31.1 Å². The lowest BCUT2D eigenvalue weighted by Crippen LogP contribution is -3.16. The Morgan fingerprint density at radius 3 is 2.68 bits per heavy atom. The van der Waals surface area contributed by atoms with Crippen molar-refractivity contribution in [1.29, 1.82) is 0 Å². The monoisotopic (exact) mass is 281 g/mol. The smallest absolute Gasteiger partial charge is 0.243 e. The second-order valence-electron chi connectivity index (χ2n) is 5.67. The predicted molar refractivity (Wildman–Crippen MR) is 73.7 cm³/mol. The standard InChI is InChI=1S/C14H20N2O2S/c1-12-4-6-14(7-5-12)19(17,18)16-10-9-15-8-2-3-13(15)11-16/h4-7,13H,2-3,8-11H2,1H3/p+1/t13-/m1/s1. The normalized spacial score (nSPS) is 28.3. The quantitative estimate of drug-likeness (QED) is 0.832. The number of hydrogen-bond acceptors (Lipinski definition) is 2. The molecule has 0 aliphatic carbocycles. The van der Waals surface area contributed by atoms with Gasteiger partial charge in [0.2, 0.25) is 10.0 Å². The van der Waals surface area contributed by atoms with Crippen LogP contribution in [0.25, 0.3) is 0 Å². The second kappa shape index (κ2) is 4.89. The molecule has 2 heterocycles. The minimum absolute atomic E-state index is 0.430. The predicted octanol–water partition coefficient (Wildman–Crippen LogP) is 0.0466. The van der Waals surface area contributed by atoms with Crippen LogP contribution in [0.2, 0.25) is 0 Å². The highest BCUT2D eigenvalue weighted by atomic mass is 32.2. The van der Waals surface area contributed by atoms with Crippen molar-refractivity contribution in [3.63, 3.8) is 0 Å². The van der Waals surface area contributed by atoms with Gasteiger partial charge in [-0.3, -0.25) is 0 Å². The van der Waals surface area contributed by atoms with Gasteiger partial charge in [-0.1, -0.05) is 17.7 Å². The molecule has 2 atom stereocenters. The van der Waals surface area contributed by atoms with Gasteiger partial charge in [-0.05, 0) is 19.1 Å². The van der Waals surface area contributed by atoms with Crippen LogP contribution in [0.5, 0.6) is 0 Å².